The van der Waals surface area contributed by atoms with Gasteiger partial charge >= 0.3 is 11.3 Å². The maximum Gasteiger partial charge on any atom is 0.344 e. The summed E-state index contributed by atoms with van der Waals surface area (Å²) in [6.45, 7) is 4.13. The summed E-state index contributed by atoms with van der Waals surface area (Å²) in [6.07, 6.45) is 0. The summed E-state index contributed by atoms with van der Waals surface area (Å²) in [7, 11) is 0. The van der Waals surface area contributed by atoms with Gasteiger partial charge in [-0.25, -0.2) is 9.59 Å². The lowest BCUT2D eigenvalue weighted by atomic mass is 9.97. The number of aryl methyl sites for hydroxylation is 2. The fraction of sp³-hybridized carbons (Fsp3) is 0.0500. The van der Waals surface area contributed by atoms with Crippen LogP contribution in [0.3, 0.4) is 0 Å². The Hall–Kier alpha value is -5.74. The third-order valence-electron chi connectivity index (χ3n) is 8.50. The van der Waals surface area contributed by atoms with Crippen molar-refractivity contribution < 1.29 is 8.83 Å². The third kappa shape index (κ3) is 4.31. The van der Waals surface area contributed by atoms with Crippen LogP contribution in [0.1, 0.15) is 11.1 Å². The van der Waals surface area contributed by atoms with Gasteiger partial charge in [0.2, 0.25) is 0 Å². The normalized spacial score (nSPS) is 11.6. The molecule has 6 aromatic carbocycles. The Kier molecular flexibility index (Phi) is 5.85. The van der Waals surface area contributed by atoms with Gasteiger partial charge in [0, 0.05) is 10.8 Å². The van der Waals surface area contributed by atoms with E-state index in [4.69, 9.17) is 8.83 Å². The lowest BCUT2D eigenvalue weighted by Crippen LogP contribution is -2.03. The fourth-order valence-corrected chi connectivity index (χ4v) is 6.19. The third-order valence-corrected chi connectivity index (χ3v) is 8.50. The minimum Gasteiger partial charge on any atom is -0.422 e. The molecule has 0 aliphatic heterocycles. The summed E-state index contributed by atoms with van der Waals surface area (Å²) >= 11 is 0. The summed E-state index contributed by atoms with van der Waals surface area (Å²) < 4.78 is 11.5. The Morgan fingerprint density at radius 3 is 1.18 bits per heavy atom. The van der Waals surface area contributed by atoms with Crippen LogP contribution in [-0.4, -0.2) is 0 Å². The molecule has 0 bridgehead atoms. The maximum absolute atomic E-state index is 12.9. The second kappa shape index (κ2) is 9.92. The van der Waals surface area contributed by atoms with Crippen LogP contribution in [-0.2, 0) is 0 Å². The van der Waals surface area contributed by atoms with E-state index in [1.54, 1.807) is 0 Å². The van der Waals surface area contributed by atoms with Crippen molar-refractivity contribution >= 4 is 43.5 Å². The van der Waals surface area contributed by atoms with Crippen LogP contribution in [0.4, 0.5) is 0 Å². The lowest BCUT2D eigenvalue weighted by Gasteiger charge is -2.09. The van der Waals surface area contributed by atoms with Gasteiger partial charge in [-0.3, -0.25) is 0 Å². The van der Waals surface area contributed by atoms with Gasteiger partial charge in [0.1, 0.15) is 11.2 Å². The quantitative estimate of drug-likeness (QED) is 0.157. The van der Waals surface area contributed by atoms with Crippen LogP contribution in [0, 0.1) is 13.8 Å². The summed E-state index contributed by atoms with van der Waals surface area (Å²) in [5.41, 5.74) is 7.43. The smallest absolute Gasteiger partial charge is 0.344 e. The monoisotopic (exact) mass is 570 g/mol. The van der Waals surface area contributed by atoms with E-state index in [-0.39, 0.29) is 11.3 Å². The topological polar surface area (TPSA) is 60.4 Å². The number of rotatable bonds is 3. The first-order chi connectivity index (χ1) is 21.4. The molecular formula is C40H26O4. The first kappa shape index (κ1) is 25.9. The van der Waals surface area contributed by atoms with E-state index >= 15 is 0 Å². The average molecular weight is 571 g/mol. The summed E-state index contributed by atoms with van der Waals surface area (Å²) in [4.78, 5) is 25.9. The highest BCUT2D eigenvalue weighted by molar-refractivity contribution is 6.07. The fourth-order valence-electron chi connectivity index (χ4n) is 6.19. The van der Waals surface area contributed by atoms with Crippen molar-refractivity contribution in [1.29, 1.82) is 0 Å². The van der Waals surface area contributed by atoms with Gasteiger partial charge in [-0.1, -0.05) is 108 Å². The van der Waals surface area contributed by atoms with Gasteiger partial charge in [-0.2, -0.15) is 0 Å². The Morgan fingerprint density at radius 1 is 0.386 bits per heavy atom. The van der Waals surface area contributed by atoms with Gasteiger partial charge in [0.05, 0.1) is 11.1 Å². The van der Waals surface area contributed by atoms with E-state index in [0.29, 0.717) is 22.3 Å². The zero-order chi connectivity index (χ0) is 29.9. The van der Waals surface area contributed by atoms with Crippen molar-refractivity contribution in [1.82, 2.24) is 0 Å². The molecule has 0 spiro atoms. The van der Waals surface area contributed by atoms with Crippen molar-refractivity contribution in [3.8, 4) is 33.4 Å². The van der Waals surface area contributed by atoms with Crippen LogP contribution in [0.2, 0.25) is 0 Å². The summed E-state index contributed by atoms with van der Waals surface area (Å²) in [5, 5.41) is 6.16. The highest BCUT2D eigenvalue weighted by Crippen LogP contribution is 2.32. The molecular weight excluding hydrogens is 544 g/mol. The molecule has 0 saturated carbocycles. The molecule has 0 unspecified atom stereocenters. The van der Waals surface area contributed by atoms with Gasteiger partial charge in [0.15, 0.2) is 0 Å². The first-order valence-corrected chi connectivity index (χ1v) is 14.6. The molecule has 0 saturated heterocycles. The Bertz CT molecular complexity index is 2350. The standard InChI is InChI=1S/C40H26O4/c1-23-3-15-31-29(19-23)13-17-37-35(31)21-33(39(41)43-37)27-9-5-25(6-10-27)26-7-11-28(12-8-26)34-22-36-32-16-4-24(2)20-30(32)14-18-38(36)44-40(34)42/h3-22H,1-2H3. The largest absolute Gasteiger partial charge is 0.422 e. The van der Waals surface area contributed by atoms with Crippen molar-refractivity contribution in [2.75, 3.05) is 0 Å². The molecule has 210 valence electrons. The van der Waals surface area contributed by atoms with Crippen molar-refractivity contribution in [3.63, 3.8) is 0 Å². The van der Waals surface area contributed by atoms with Crippen LogP contribution in [0.15, 0.2) is 140 Å². The molecule has 2 aromatic heterocycles. The van der Waals surface area contributed by atoms with Gasteiger partial charge in [-0.15, -0.1) is 0 Å². The minimum atomic E-state index is -0.363. The predicted octanol–water partition coefficient (Wildman–Crippen LogP) is 9.82. The molecule has 0 N–H and O–H groups in total. The van der Waals surface area contributed by atoms with Gasteiger partial charge in [0.25, 0.3) is 0 Å². The minimum absolute atomic E-state index is 0.363. The summed E-state index contributed by atoms with van der Waals surface area (Å²) in [6, 6.07) is 39.9. The second-order valence-electron chi connectivity index (χ2n) is 11.5. The van der Waals surface area contributed by atoms with E-state index in [2.05, 4.69) is 50.2 Å². The molecule has 0 aliphatic carbocycles. The number of benzene rings is 6. The lowest BCUT2D eigenvalue weighted by molar-refractivity contribution is 0.563. The highest BCUT2D eigenvalue weighted by Gasteiger charge is 2.13. The molecule has 4 heteroatoms. The number of fused-ring (bicyclic) bond motifs is 6. The molecule has 2 heterocycles. The molecule has 0 aliphatic rings. The molecule has 0 fully saturated rings. The molecule has 8 rings (SSSR count). The van der Waals surface area contributed by atoms with Crippen molar-refractivity contribution in [2.24, 2.45) is 0 Å². The SMILES string of the molecule is Cc1ccc2c(ccc3oc(=O)c(-c4ccc(-c5ccc(-c6cc7c(ccc8cc(C)ccc87)oc6=O)cc5)cc4)cc32)c1. The van der Waals surface area contributed by atoms with E-state index in [0.717, 1.165) is 54.6 Å². The molecule has 0 atom stereocenters. The van der Waals surface area contributed by atoms with E-state index < -0.39 is 0 Å². The van der Waals surface area contributed by atoms with Crippen molar-refractivity contribution in [3.05, 3.63) is 153 Å². The number of hydrogen-bond donors (Lipinski definition) is 0. The van der Waals surface area contributed by atoms with Gasteiger partial charge in [-0.05, 0) is 81.9 Å². The Labute approximate surface area is 252 Å². The predicted molar refractivity (Wildman–Crippen MR) is 179 cm³/mol. The molecule has 8 aromatic rings. The van der Waals surface area contributed by atoms with Crippen LogP contribution in [0.5, 0.6) is 0 Å². The van der Waals surface area contributed by atoms with Crippen molar-refractivity contribution in [2.45, 2.75) is 13.8 Å². The van der Waals surface area contributed by atoms with Crippen LogP contribution < -0.4 is 11.3 Å². The zero-order valence-corrected chi connectivity index (χ0v) is 24.2. The molecule has 4 nitrogen and oxygen atoms in total. The van der Waals surface area contributed by atoms with Crippen LogP contribution in [0.25, 0.3) is 76.9 Å². The van der Waals surface area contributed by atoms with E-state index in [1.165, 1.54) is 11.1 Å². The second-order valence-corrected chi connectivity index (χ2v) is 11.5. The zero-order valence-electron chi connectivity index (χ0n) is 24.2. The van der Waals surface area contributed by atoms with Crippen LogP contribution >= 0.6 is 0 Å². The van der Waals surface area contributed by atoms with Gasteiger partial charge < -0.3 is 8.83 Å². The summed E-state index contributed by atoms with van der Waals surface area (Å²) in [5.74, 6) is 0. The average Bonchev–Trinajstić information content (AvgIpc) is 3.04. The first-order valence-electron chi connectivity index (χ1n) is 14.6. The number of hydrogen-bond acceptors (Lipinski definition) is 4. The Morgan fingerprint density at radius 2 is 0.773 bits per heavy atom. The maximum atomic E-state index is 12.9. The molecule has 0 amide bonds. The Balaban J connectivity index is 1.13. The van der Waals surface area contributed by atoms with E-state index in [1.807, 2.05) is 84.9 Å². The van der Waals surface area contributed by atoms with E-state index in [9.17, 15) is 9.59 Å². The highest BCUT2D eigenvalue weighted by atomic mass is 16.4. The molecule has 44 heavy (non-hydrogen) atoms. The molecule has 0 radical (unpaired) electrons.